The van der Waals surface area contributed by atoms with Crippen LogP contribution >= 0.6 is 15.9 Å². The summed E-state index contributed by atoms with van der Waals surface area (Å²) in [6.07, 6.45) is 4.50. The minimum atomic E-state index is 0.232. The largest absolute Gasteiger partial charge is 0.356 e. The van der Waals surface area contributed by atoms with Crippen molar-refractivity contribution in [1.82, 2.24) is 4.98 Å². The quantitative estimate of drug-likeness (QED) is 0.779. The summed E-state index contributed by atoms with van der Waals surface area (Å²) in [5, 5.41) is 0. The predicted octanol–water partition coefficient (Wildman–Crippen LogP) is 2.19. The Labute approximate surface area is 74.3 Å². The molecule has 0 saturated heterocycles. The standard InChI is InChI=1S/C8H11BrN2/c9-8-6(3-4-11-8)7(10)5-1-2-5/h3-5,7,11H,1-2,10H2/t7-/m1/s1. The van der Waals surface area contributed by atoms with Gasteiger partial charge in [0.2, 0.25) is 0 Å². The summed E-state index contributed by atoms with van der Waals surface area (Å²) in [6.45, 7) is 0. The summed E-state index contributed by atoms with van der Waals surface area (Å²) in [5.41, 5.74) is 7.21. The number of nitrogens with two attached hydrogens (primary N) is 1. The van der Waals surface area contributed by atoms with Crippen molar-refractivity contribution in [2.24, 2.45) is 11.7 Å². The van der Waals surface area contributed by atoms with Crippen LogP contribution in [0.1, 0.15) is 24.4 Å². The van der Waals surface area contributed by atoms with Crippen LogP contribution in [0.3, 0.4) is 0 Å². The molecule has 0 aliphatic heterocycles. The molecule has 60 valence electrons. The second kappa shape index (κ2) is 2.64. The summed E-state index contributed by atoms with van der Waals surface area (Å²) in [4.78, 5) is 3.07. The first-order chi connectivity index (χ1) is 5.29. The first-order valence-electron chi connectivity index (χ1n) is 3.87. The molecule has 1 aromatic rings. The van der Waals surface area contributed by atoms with Gasteiger partial charge in [-0.15, -0.1) is 0 Å². The third kappa shape index (κ3) is 1.35. The zero-order valence-electron chi connectivity index (χ0n) is 6.18. The van der Waals surface area contributed by atoms with Crippen molar-refractivity contribution in [3.63, 3.8) is 0 Å². The molecule has 1 saturated carbocycles. The molecule has 0 aromatic carbocycles. The number of aromatic nitrogens is 1. The molecular weight excluding hydrogens is 204 g/mol. The van der Waals surface area contributed by atoms with E-state index in [2.05, 4.69) is 20.9 Å². The smallest absolute Gasteiger partial charge is 0.0868 e. The van der Waals surface area contributed by atoms with Gasteiger partial charge in [-0.2, -0.15) is 0 Å². The van der Waals surface area contributed by atoms with Crippen LogP contribution < -0.4 is 5.73 Å². The van der Waals surface area contributed by atoms with Gasteiger partial charge in [-0.3, -0.25) is 0 Å². The molecule has 3 heteroatoms. The summed E-state index contributed by atoms with van der Waals surface area (Å²) in [6, 6.07) is 2.28. The minimum Gasteiger partial charge on any atom is -0.356 e. The molecule has 3 N–H and O–H groups in total. The Morgan fingerprint density at radius 3 is 2.82 bits per heavy atom. The lowest BCUT2D eigenvalue weighted by molar-refractivity contribution is 0.631. The third-order valence-electron chi connectivity index (χ3n) is 2.22. The second-order valence-corrected chi connectivity index (χ2v) is 3.90. The lowest BCUT2D eigenvalue weighted by atomic mass is 10.1. The molecule has 0 radical (unpaired) electrons. The number of halogens is 1. The summed E-state index contributed by atoms with van der Waals surface area (Å²) in [7, 11) is 0. The zero-order valence-corrected chi connectivity index (χ0v) is 7.76. The van der Waals surface area contributed by atoms with Crippen LogP contribution in [0, 0.1) is 5.92 Å². The molecule has 2 nitrogen and oxygen atoms in total. The monoisotopic (exact) mass is 214 g/mol. The summed E-state index contributed by atoms with van der Waals surface area (Å²) < 4.78 is 1.04. The fourth-order valence-corrected chi connectivity index (χ4v) is 1.86. The van der Waals surface area contributed by atoms with Gasteiger partial charge in [0.15, 0.2) is 0 Å². The van der Waals surface area contributed by atoms with Crippen LogP contribution in [0.4, 0.5) is 0 Å². The Kier molecular flexibility index (Phi) is 1.77. The Bertz CT molecular complexity index is 252. The van der Waals surface area contributed by atoms with Gasteiger partial charge >= 0.3 is 0 Å². The van der Waals surface area contributed by atoms with Gasteiger partial charge in [0.1, 0.15) is 0 Å². The van der Waals surface area contributed by atoms with Crippen molar-refractivity contribution < 1.29 is 0 Å². The van der Waals surface area contributed by atoms with E-state index in [1.54, 1.807) is 0 Å². The first kappa shape index (κ1) is 7.37. The molecule has 1 aromatic heterocycles. The highest BCUT2D eigenvalue weighted by Crippen LogP contribution is 2.40. The number of aromatic amines is 1. The molecule has 0 spiro atoms. The van der Waals surface area contributed by atoms with Crippen LogP contribution in [0.2, 0.25) is 0 Å². The molecule has 1 heterocycles. The highest BCUT2D eigenvalue weighted by Gasteiger charge is 2.30. The maximum atomic E-state index is 6.00. The number of hydrogen-bond donors (Lipinski definition) is 2. The van der Waals surface area contributed by atoms with Crippen LogP contribution in [-0.2, 0) is 0 Å². The van der Waals surface area contributed by atoms with Gasteiger partial charge in [-0.1, -0.05) is 0 Å². The maximum absolute atomic E-state index is 6.00. The van der Waals surface area contributed by atoms with Crippen molar-refractivity contribution in [2.45, 2.75) is 18.9 Å². The number of rotatable bonds is 2. The average Bonchev–Trinajstić information content (AvgIpc) is 2.74. The van der Waals surface area contributed by atoms with Gasteiger partial charge in [-0.05, 0) is 40.8 Å². The Morgan fingerprint density at radius 2 is 2.36 bits per heavy atom. The predicted molar refractivity (Wildman–Crippen MR) is 48.1 cm³/mol. The van der Waals surface area contributed by atoms with E-state index in [-0.39, 0.29) is 6.04 Å². The molecule has 1 aliphatic rings. The van der Waals surface area contributed by atoms with Crippen molar-refractivity contribution in [1.29, 1.82) is 0 Å². The minimum absolute atomic E-state index is 0.232. The van der Waals surface area contributed by atoms with Crippen molar-refractivity contribution in [2.75, 3.05) is 0 Å². The third-order valence-corrected chi connectivity index (χ3v) is 2.90. The van der Waals surface area contributed by atoms with Crippen LogP contribution in [0.15, 0.2) is 16.9 Å². The number of H-pyrrole nitrogens is 1. The van der Waals surface area contributed by atoms with E-state index in [1.807, 2.05) is 12.3 Å². The molecule has 2 rings (SSSR count). The molecule has 1 aliphatic carbocycles. The van der Waals surface area contributed by atoms with E-state index in [0.717, 1.165) is 10.5 Å². The molecular formula is C8H11BrN2. The zero-order chi connectivity index (χ0) is 7.84. The van der Waals surface area contributed by atoms with Gasteiger partial charge < -0.3 is 10.7 Å². The van der Waals surface area contributed by atoms with Crippen LogP contribution in [0.5, 0.6) is 0 Å². The molecule has 0 bridgehead atoms. The maximum Gasteiger partial charge on any atom is 0.0868 e. The van der Waals surface area contributed by atoms with Gasteiger partial charge in [0.25, 0.3) is 0 Å². The SMILES string of the molecule is N[C@@H](c1cc[nH]c1Br)C1CC1. The van der Waals surface area contributed by atoms with E-state index in [4.69, 9.17) is 5.73 Å². The molecule has 1 atom stereocenters. The highest BCUT2D eigenvalue weighted by molar-refractivity contribution is 9.10. The Balaban J connectivity index is 2.20. The fourth-order valence-electron chi connectivity index (χ4n) is 1.33. The Morgan fingerprint density at radius 1 is 1.64 bits per heavy atom. The topological polar surface area (TPSA) is 41.8 Å². The highest BCUT2D eigenvalue weighted by atomic mass is 79.9. The molecule has 11 heavy (non-hydrogen) atoms. The average molecular weight is 215 g/mol. The van der Waals surface area contributed by atoms with Gasteiger partial charge in [0, 0.05) is 17.8 Å². The van der Waals surface area contributed by atoms with Gasteiger partial charge in [-0.25, -0.2) is 0 Å². The van der Waals surface area contributed by atoms with E-state index < -0.39 is 0 Å². The van der Waals surface area contributed by atoms with E-state index >= 15 is 0 Å². The lowest BCUT2D eigenvalue weighted by Gasteiger charge is -2.07. The van der Waals surface area contributed by atoms with Crippen molar-refractivity contribution >= 4 is 15.9 Å². The number of nitrogens with one attached hydrogen (secondary N) is 1. The lowest BCUT2D eigenvalue weighted by Crippen LogP contribution is -2.11. The fraction of sp³-hybridized carbons (Fsp3) is 0.500. The Hall–Kier alpha value is -0.280. The van der Waals surface area contributed by atoms with Crippen molar-refractivity contribution in [3.05, 3.63) is 22.4 Å². The summed E-state index contributed by atoms with van der Waals surface area (Å²) in [5.74, 6) is 0.724. The van der Waals surface area contributed by atoms with Crippen LogP contribution in [-0.4, -0.2) is 4.98 Å². The van der Waals surface area contributed by atoms with Crippen molar-refractivity contribution in [3.8, 4) is 0 Å². The van der Waals surface area contributed by atoms with Gasteiger partial charge in [0.05, 0.1) is 4.60 Å². The van der Waals surface area contributed by atoms with Crippen LogP contribution in [0.25, 0.3) is 0 Å². The normalized spacial score (nSPS) is 20.2. The molecule has 0 unspecified atom stereocenters. The second-order valence-electron chi connectivity index (χ2n) is 3.11. The molecule has 0 amide bonds. The summed E-state index contributed by atoms with van der Waals surface area (Å²) >= 11 is 3.43. The molecule has 1 fully saturated rings. The van der Waals surface area contributed by atoms with E-state index in [9.17, 15) is 0 Å². The van der Waals surface area contributed by atoms with E-state index in [1.165, 1.54) is 18.4 Å². The number of hydrogen-bond acceptors (Lipinski definition) is 1. The van der Waals surface area contributed by atoms with E-state index in [0.29, 0.717) is 0 Å². The first-order valence-corrected chi connectivity index (χ1v) is 4.66.